The molecule has 0 bridgehead atoms. The minimum absolute atomic E-state index is 0.328. The standard InChI is InChI=1S/C23H35N3O2S/c1-18-17-29-23(24-18)15-25(2)13-19-8-7-11-22(12-19)28-16-21(27)14-26(3)20-9-5-4-6-10-20/h7-8,11-12,17,20-21,27H,4-6,9-10,13-16H2,1-3H3/t21-/m0/s1. The molecular formula is C23H35N3O2S. The van der Waals surface area contributed by atoms with Gasteiger partial charge in [-0.2, -0.15) is 0 Å². The number of likely N-dealkylation sites (N-methyl/N-ethyl adjacent to an activating group) is 1. The van der Waals surface area contributed by atoms with Gasteiger partial charge < -0.3 is 14.7 Å². The molecule has 3 rings (SSSR count). The van der Waals surface area contributed by atoms with Crippen molar-refractivity contribution >= 4 is 11.3 Å². The summed E-state index contributed by atoms with van der Waals surface area (Å²) in [5, 5.41) is 13.6. The van der Waals surface area contributed by atoms with Crippen LogP contribution < -0.4 is 4.74 Å². The summed E-state index contributed by atoms with van der Waals surface area (Å²) in [6.07, 6.45) is 6.00. The molecule has 2 aromatic rings. The molecule has 1 fully saturated rings. The first kappa shape index (κ1) is 22.2. The molecule has 0 amide bonds. The molecule has 0 aliphatic heterocycles. The zero-order chi connectivity index (χ0) is 20.6. The molecule has 1 heterocycles. The average Bonchev–Trinajstić information content (AvgIpc) is 3.11. The fourth-order valence-corrected chi connectivity index (χ4v) is 4.91. The van der Waals surface area contributed by atoms with Gasteiger partial charge in [0.2, 0.25) is 0 Å². The van der Waals surface area contributed by atoms with Crippen LogP contribution in [0.5, 0.6) is 5.75 Å². The summed E-state index contributed by atoms with van der Waals surface area (Å²) >= 11 is 1.71. The molecule has 1 aliphatic rings. The van der Waals surface area contributed by atoms with Crippen LogP contribution in [0, 0.1) is 6.92 Å². The van der Waals surface area contributed by atoms with E-state index in [-0.39, 0.29) is 0 Å². The van der Waals surface area contributed by atoms with E-state index in [1.807, 2.05) is 19.1 Å². The Labute approximate surface area is 179 Å². The molecule has 1 aromatic heterocycles. The number of nitrogens with zero attached hydrogens (tertiary/aromatic N) is 3. The third-order valence-corrected chi connectivity index (χ3v) is 6.51. The predicted molar refractivity (Wildman–Crippen MR) is 119 cm³/mol. The Bertz CT molecular complexity index is 745. The molecule has 0 spiro atoms. The van der Waals surface area contributed by atoms with Crippen LogP contribution in [0.2, 0.25) is 0 Å². The maximum atomic E-state index is 10.4. The van der Waals surface area contributed by atoms with E-state index < -0.39 is 6.10 Å². The first-order valence-electron chi connectivity index (χ1n) is 10.7. The topological polar surface area (TPSA) is 48.8 Å². The van der Waals surface area contributed by atoms with Crippen LogP contribution in [0.15, 0.2) is 29.6 Å². The van der Waals surface area contributed by atoms with E-state index in [4.69, 9.17) is 4.74 Å². The summed E-state index contributed by atoms with van der Waals surface area (Å²) in [5.74, 6) is 0.820. The van der Waals surface area contributed by atoms with Gasteiger partial charge in [-0.3, -0.25) is 4.90 Å². The quantitative estimate of drug-likeness (QED) is 0.631. The van der Waals surface area contributed by atoms with Gasteiger partial charge in [0.1, 0.15) is 23.5 Å². The lowest BCUT2D eigenvalue weighted by molar-refractivity contribution is 0.0561. The number of ether oxygens (including phenoxy) is 1. The van der Waals surface area contributed by atoms with Gasteiger partial charge in [0.15, 0.2) is 0 Å². The van der Waals surface area contributed by atoms with E-state index >= 15 is 0 Å². The van der Waals surface area contributed by atoms with Crippen molar-refractivity contribution in [2.75, 3.05) is 27.2 Å². The van der Waals surface area contributed by atoms with Crippen molar-refractivity contribution in [3.05, 3.63) is 45.9 Å². The normalized spacial score (nSPS) is 16.5. The van der Waals surface area contributed by atoms with Gasteiger partial charge in [-0.1, -0.05) is 31.4 Å². The third kappa shape index (κ3) is 7.37. The van der Waals surface area contributed by atoms with Crippen molar-refractivity contribution in [3.63, 3.8) is 0 Å². The van der Waals surface area contributed by atoms with Crippen LogP contribution in [-0.2, 0) is 13.1 Å². The Kier molecular flexibility index (Phi) is 8.48. The molecule has 6 heteroatoms. The summed E-state index contributed by atoms with van der Waals surface area (Å²) in [6.45, 7) is 4.70. The molecule has 5 nitrogen and oxygen atoms in total. The van der Waals surface area contributed by atoms with Crippen LogP contribution in [0.1, 0.15) is 48.4 Å². The Morgan fingerprint density at radius 2 is 2.00 bits per heavy atom. The first-order valence-corrected chi connectivity index (χ1v) is 11.6. The summed E-state index contributed by atoms with van der Waals surface area (Å²) in [5.41, 5.74) is 2.29. The smallest absolute Gasteiger partial charge is 0.119 e. The number of hydrogen-bond donors (Lipinski definition) is 1. The molecular weight excluding hydrogens is 382 g/mol. The number of aromatic nitrogens is 1. The van der Waals surface area contributed by atoms with E-state index in [1.165, 1.54) is 37.7 Å². The molecule has 0 saturated heterocycles. The molecule has 1 saturated carbocycles. The molecule has 29 heavy (non-hydrogen) atoms. The molecule has 1 aliphatic carbocycles. The highest BCUT2D eigenvalue weighted by Gasteiger charge is 2.20. The van der Waals surface area contributed by atoms with Crippen LogP contribution in [-0.4, -0.2) is 59.3 Å². The highest BCUT2D eigenvalue weighted by Crippen LogP contribution is 2.22. The van der Waals surface area contributed by atoms with Gasteiger partial charge in [-0.05, 0) is 51.6 Å². The summed E-state index contributed by atoms with van der Waals surface area (Å²) in [6, 6.07) is 8.78. The van der Waals surface area contributed by atoms with Crippen LogP contribution in [0.25, 0.3) is 0 Å². The average molecular weight is 418 g/mol. The number of thiazole rings is 1. The van der Waals surface area contributed by atoms with Crippen molar-refractivity contribution in [1.29, 1.82) is 0 Å². The second kappa shape index (κ2) is 11.1. The van der Waals surface area contributed by atoms with Gasteiger partial charge in [-0.15, -0.1) is 11.3 Å². The van der Waals surface area contributed by atoms with Crippen LogP contribution in [0.4, 0.5) is 0 Å². The van der Waals surface area contributed by atoms with Gasteiger partial charge in [0, 0.05) is 30.2 Å². The van der Waals surface area contributed by atoms with Crippen molar-refractivity contribution in [2.24, 2.45) is 0 Å². The van der Waals surface area contributed by atoms with Gasteiger partial charge >= 0.3 is 0 Å². The van der Waals surface area contributed by atoms with Gasteiger partial charge in [-0.25, -0.2) is 4.98 Å². The number of aliphatic hydroxyl groups is 1. The lowest BCUT2D eigenvalue weighted by Crippen LogP contribution is -2.40. The fourth-order valence-electron chi connectivity index (χ4n) is 4.06. The largest absolute Gasteiger partial charge is 0.491 e. The van der Waals surface area contributed by atoms with Crippen molar-refractivity contribution in [3.8, 4) is 5.75 Å². The van der Waals surface area contributed by atoms with Crippen LogP contribution >= 0.6 is 11.3 Å². The molecule has 1 atom stereocenters. The van der Waals surface area contributed by atoms with Crippen molar-refractivity contribution in [1.82, 2.24) is 14.8 Å². The van der Waals surface area contributed by atoms with E-state index in [0.29, 0.717) is 19.2 Å². The minimum atomic E-state index is -0.471. The second-order valence-electron chi connectivity index (χ2n) is 8.40. The molecule has 0 unspecified atom stereocenters. The molecule has 160 valence electrons. The minimum Gasteiger partial charge on any atom is -0.491 e. The van der Waals surface area contributed by atoms with E-state index in [0.717, 1.165) is 29.5 Å². The maximum Gasteiger partial charge on any atom is 0.119 e. The summed E-state index contributed by atoms with van der Waals surface area (Å²) in [4.78, 5) is 9.10. The molecule has 1 N–H and O–H groups in total. The molecule has 1 aromatic carbocycles. The maximum absolute atomic E-state index is 10.4. The van der Waals surface area contributed by atoms with Crippen LogP contribution in [0.3, 0.4) is 0 Å². The SMILES string of the molecule is Cc1csc(CN(C)Cc2cccc(OC[C@@H](O)CN(C)C3CCCCC3)c2)n1. The van der Waals surface area contributed by atoms with Gasteiger partial charge in [0.05, 0.1) is 6.54 Å². The fraction of sp³-hybridized carbons (Fsp3) is 0.609. The number of aryl methyl sites for hydroxylation is 1. The number of hydrogen-bond acceptors (Lipinski definition) is 6. The lowest BCUT2D eigenvalue weighted by Gasteiger charge is -2.32. The highest BCUT2D eigenvalue weighted by atomic mass is 32.1. The first-order chi connectivity index (χ1) is 14.0. The zero-order valence-corrected chi connectivity index (χ0v) is 18.8. The van der Waals surface area contributed by atoms with Crippen molar-refractivity contribution in [2.45, 2.75) is 64.3 Å². The Morgan fingerprint density at radius 3 is 2.72 bits per heavy atom. The zero-order valence-electron chi connectivity index (χ0n) is 18.0. The Hall–Kier alpha value is -1.47. The van der Waals surface area contributed by atoms with Gasteiger partial charge in [0.25, 0.3) is 0 Å². The van der Waals surface area contributed by atoms with E-state index in [1.54, 1.807) is 11.3 Å². The molecule has 0 radical (unpaired) electrons. The number of aliphatic hydroxyl groups excluding tert-OH is 1. The Morgan fingerprint density at radius 1 is 1.21 bits per heavy atom. The third-order valence-electron chi connectivity index (χ3n) is 5.56. The van der Waals surface area contributed by atoms with E-state index in [2.05, 4.69) is 46.4 Å². The second-order valence-corrected chi connectivity index (χ2v) is 9.34. The Balaban J connectivity index is 1.43. The van der Waals surface area contributed by atoms with E-state index in [9.17, 15) is 5.11 Å². The van der Waals surface area contributed by atoms with Crippen molar-refractivity contribution < 1.29 is 9.84 Å². The number of rotatable bonds is 10. The lowest BCUT2D eigenvalue weighted by atomic mass is 9.94. The predicted octanol–water partition coefficient (Wildman–Crippen LogP) is 4.09. The summed E-state index contributed by atoms with van der Waals surface area (Å²) in [7, 11) is 4.23. The monoisotopic (exact) mass is 417 g/mol. The summed E-state index contributed by atoms with van der Waals surface area (Å²) < 4.78 is 5.89. The number of benzene rings is 1. The highest BCUT2D eigenvalue weighted by molar-refractivity contribution is 7.09.